The molecular weight excluding hydrogens is 302 g/mol. The van der Waals surface area contributed by atoms with Gasteiger partial charge in [0.25, 0.3) is 0 Å². The molecule has 2 rings (SSSR count). The molecule has 1 aliphatic rings. The zero-order valence-corrected chi connectivity index (χ0v) is 12.7. The molecule has 8 heteroatoms. The molecule has 0 aliphatic carbocycles. The maximum absolute atomic E-state index is 12.4. The number of nitrogens with zero attached hydrogens (tertiary/aromatic N) is 1. The smallest absolute Gasteiger partial charge is 0.248 e. The van der Waals surface area contributed by atoms with Gasteiger partial charge < -0.3 is 11.1 Å². The fourth-order valence-corrected chi connectivity index (χ4v) is 3.55. The standard InChI is InChI=1S/C12H17N3O3S.ClH/c1-15(10-5-6-14-8-10)19(17,18)11-4-2-3-9(7-11)12(13)16;/h2-4,7,10,14H,5-6,8H2,1H3,(H2,13,16);1H. The summed E-state index contributed by atoms with van der Waals surface area (Å²) in [5, 5.41) is 3.13. The Labute approximate surface area is 124 Å². The van der Waals surface area contributed by atoms with E-state index in [0.29, 0.717) is 6.54 Å². The highest BCUT2D eigenvalue weighted by Crippen LogP contribution is 2.20. The van der Waals surface area contributed by atoms with Gasteiger partial charge in [0.15, 0.2) is 0 Å². The van der Waals surface area contributed by atoms with Gasteiger partial charge in [-0.2, -0.15) is 4.31 Å². The molecule has 0 saturated carbocycles. The van der Waals surface area contributed by atoms with Crippen LogP contribution in [0, 0.1) is 0 Å². The summed E-state index contributed by atoms with van der Waals surface area (Å²) in [4.78, 5) is 11.2. The molecule has 3 N–H and O–H groups in total. The lowest BCUT2D eigenvalue weighted by Gasteiger charge is -2.23. The molecule has 1 amide bonds. The van der Waals surface area contributed by atoms with E-state index >= 15 is 0 Å². The highest BCUT2D eigenvalue weighted by Gasteiger charge is 2.30. The number of benzene rings is 1. The van der Waals surface area contributed by atoms with E-state index in [1.807, 2.05) is 0 Å². The van der Waals surface area contributed by atoms with E-state index < -0.39 is 15.9 Å². The van der Waals surface area contributed by atoms with Crippen molar-refractivity contribution < 1.29 is 13.2 Å². The van der Waals surface area contributed by atoms with Gasteiger partial charge in [0.05, 0.1) is 4.90 Å². The van der Waals surface area contributed by atoms with Gasteiger partial charge >= 0.3 is 0 Å². The number of carbonyl (C=O) groups is 1. The first-order valence-electron chi connectivity index (χ1n) is 6.01. The van der Waals surface area contributed by atoms with Crippen LogP contribution in [0.25, 0.3) is 0 Å². The molecule has 1 aromatic rings. The molecule has 0 radical (unpaired) electrons. The molecule has 0 bridgehead atoms. The molecule has 1 heterocycles. The minimum atomic E-state index is -3.59. The third kappa shape index (κ3) is 3.29. The molecule has 1 unspecified atom stereocenters. The number of hydrogen-bond donors (Lipinski definition) is 2. The van der Waals surface area contributed by atoms with Crippen molar-refractivity contribution in [2.24, 2.45) is 5.73 Å². The number of hydrogen-bond acceptors (Lipinski definition) is 4. The third-order valence-electron chi connectivity index (χ3n) is 3.34. The zero-order valence-electron chi connectivity index (χ0n) is 11.1. The van der Waals surface area contributed by atoms with Gasteiger partial charge in [0, 0.05) is 25.2 Å². The van der Waals surface area contributed by atoms with Crippen LogP contribution in [0.2, 0.25) is 0 Å². The van der Waals surface area contributed by atoms with E-state index in [-0.39, 0.29) is 28.9 Å². The van der Waals surface area contributed by atoms with Crippen LogP contribution in [0.4, 0.5) is 0 Å². The molecule has 112 valence electrons. The highest BCUT2D eigenvalue weighted by atomic mass is 35.5. The molecule has 6 nitrogen and oxygen atoms in total. The van der Waals surface area contributed by atoms with E-state index in [1.165, 1.54) is 28.6 Å². The number of nitrogens with two attached hydrogens (primary N) is 1. The Morgan fingerprint density at radius 3 is 2.70 bits per heavy atom. The minimum absolute atomic E-state index is 0. The maximum Gasteiger partial charge on any atom is 0.248 e. The monoisotopic (exact) mass is 319 g/mol. The Morgan fingerprint density at radius 2 is 2.15 bits per heavy atom. The number of nitrogens with one attached hydrogen (secondary N) is 1. The number of carbonyl (C=O) groups excluding carboxylic acids is 1. The third-order valence-corrected chi connectivity index (χ3v) is 5.25. The van der Waals surface area contributed by atoms with Gasteiger partial charge in [-0.1, -0.05) is 6.07 Å². The number of halogens is 1. The summed E-state index contributed by atoms with van der Waals surface area (Å²) in [6.45, 7) is 1.46. The van der Waals surface area contributed by atoms with Crippen molar-refractivity contribution in [3.8, 4) is 0 Å². The van der Waals surface area contributed by atoms with Crippen LogP contribution in [0.15, 0.2) is 29.2 Å². The largest absolute Gasteiger partial charge is 0.366 e. The average Bonchev–Trinajstić information content (AvgIpc) is 2.91. The average molecular weight is 320 g/mol. The Hall–Kier alpha value is -1.15. The number of primary amides is 1. The molecular formula is C12H18ClN3O3S. The van der Waals surface area contributed by atoms with Gasteiger partial charge in [-0.05, 0) is 31.2 Å². The molecule has 1 atom stereocenters. The Kier molecular flexibility index (Phi) is 5.52. The maximum atomic E-state index is 12.4. The molecule has 1 aliphatic heterocycles. The second kappa shape index (κ2) is 6.53. The van der Waals surface area contributed by atoms with Gasteiger partial charge in [-0.25, -0.2) is 8.42 Å². The summed E-state index contributed by atoms with van der Waals surface area (Å²) in [5.74, 6) is -0.637. The lowest BCUT2D eigenvalue weighted by Crippen LogP contribution is -2.38. The van der Waals surface area contributed by atoms with Crippen LogP contribution in [-0.2, 0) is 10.0 Å². The van der Waals surface area contributed by atoms with Crippen molar-refractivity contribution in [2.45, 2.75) is 17.4 Å². The normalized spacial score (nSPS) is 18.8. The lowest BCUT2D eigenvalue weighted by atomic mass is 10.2. The second-order valence-electron chi connectivity index (χ2n) is 4.56. The zero-order chi connectivity index (χ0) is 14.0. The number of likely N-dealkylation sites (N-methyl/N-ethyl adjacent to an activating group) is 1. The van der Waals surface area contributed by atoms with Crippen LogP contribution in [0.5, 0.6) is 0 Å². The Morgan fingerprint density at radius 1 is 1.45 bits per heavy atom. The second-order valence-corrected chi connectivity index (χ2v) is 6.56. The summed E-state index contributed by atoms with van der Waals surface area (Å²) in [6.07, 6.45) is 0.783. The molecule has 1 fully saturated rings. The molecule has 20 heavy (non-hydrogen) atoms. The summed E-state index contributed by atoms with van der Waals surface area (Å²) < 4.78 is 26.2. The van der Waals surface area contributed by atoms with E-state index in [9.17, 15) is 13.2 Å². The Balaban J connectivity index is 0.00000200. The molecule has 1 saturated heterocycles. The number of sulfonamides is 1. The predicted molar refractivity (Wildman–Crippen MR) is 78.4 cm³/mol. The van der Waals surface area contributed by atoms with Crippen LogP contribution < -0.4 is 11.1 Å². The van der Waals surface area contributed by atoms with Crippen molar-refractivity contribution in [2.75, 3.05) is 20.1 Å². The first-order chi connectivity index (χ1) is 8.93. The fourth-order valence-electron chi connectivity index (χ4n) is 2.12. The van der Waals surface area contributed by atoms with Gasteiger partial charge in [0.1, 0.15) is 0 Å². The predicted octanol–water partition coefficient (Wildman–Crippen LogP) is 0.190. The Bertz CT molecular complexity index is 585. The molecule has 0 aromatic heterocycles. The van der Waals surface area contributed by atoms with Crippen molar-refractivity contribution in [3.05, 3.63) is 29.8 Å². The number of amides is 1. The topological polar surface area (TPSA) is 92.5 Å². The summed E-state index contributed by atoms with van der Waals surface area (Å²) in [7, 11) is -2.03. The molecule has 0 spiro atoms. The van der Waals surface area contributed by atoms with E-state index in [0.717, 1.165) is 13.0 Å². The van der Waals surface area contributed by atoms with Crippen LogP contribution in [0.3, 0.4) is 0 Å². The van der Waals surface area contributed by atoms with Gasteiger partial charge in [0.2, 0.25) is 15.9 Å². The fraction of sp³-hybridized carbons (Fsp3) is 0.417. The number of rotatable bonds is 4. The van der Waals surface area contributed by atoms with Crippen molar-refractivity contribution in [1.82, 2.24) is 9.62 Å². The molecule has 1 aromatic carbocycles. The van der Waals surface area contributed by atoms with Crippen LogP contribution in [-0.4, -0.2) is 44.8 Å². The van der Waals surface area contributed by atoms with Crippen molar-refractivity contribution >= 4 is 28.3 Å². The summed E-state index contributed by atoms with van der Waals surface area (Å²) in [5.41, 5.74) is 5.36. The van der Waals surface area contributed by atoms with E-state index in [4.69, 9.17) is 5.73 Å². The summed E-state index contributed by atoms with van der Waals surface area (Å²) >= 11 is 0. The van der Waals surface area contributed by atoms with E-state index in [1.54, 1.807) is 7.05 Å². The quantitative estimate of drug-likeness (QED) is 0.828. The SMILES string of the molecule is CN(C1CCNC1)S(=O)(=O)c1cccc(C(N)=O)c1.Cl. The minimum Gasteiger partial charge on any atom is -0.366 e. The van der Waals surface area contributed by atoms with Crippen LogP contribution >= 0.6 is 12.4 Å². The van der Waals surface area contributed by atoms with Crippen molar-refractivity contribution in [3.63, 3.8) is 0 Å². The van der Waals surface area contributed by atoms with Gasteiger partial charge in [-0.15, -0.1) is 12.4 Å². The van der Waals surface area contributed by atoms with E-state index in [2.05, 4.69) is 5.32 Å². The highest BCUT2D eigenvalue weighted by molar-refractivity contribution is 7.89. The van der Waals surface area contributed by atoms with Gasteiger partial charge in [-0.3, -0.25) is 4.79 Å². The first kappa shape index (κ1) is 16.9. The summed E-state index contributed by atoms with van der Waals surface area (Å²) in [6, 6.07) is 5.76. The first-order valence-corrected chi connectivity index (χ1v) is 7.45. The van der Waals surface area contributed by atoms with Crippen LogP contribution in [0.1, 0.15) is 16.8 Å². The lowest BCUT2D eigenvalue weighted by molar-refractivity contribution is 0.1000. The van der Waals surface area contributed by atoms with Crippen molar-refractivity contribution in [1.29, 1.82) is 0 Å².